The number of rotatable bonds is 5. The molecule has 4 heterocycles. The fraction of sp³-hybridized carbons (Fsp3) is 0.467. The molecule has 8 nitrogen and oxygen atoms in total. The highest BCUT2D eigenvalue weighted by Crippen LogP contribution is 2.21. The number of aryl methyl sites for hydroxylation is 1. The smallest absolute Gasteiger partial charge is 0.177 e. The van der Waals surface area contributed by atoms with Crippen LogP contribution in [0.5, 0.6) is 0 Å². The molecule has 1 saturated heterocycles. The minimum absolute atomic E-state index is 0.571. The molecule has 0 saturated carbocycles. The number of nitrogens with zero attached hydrogens (tertiary/aromatic N) is 8. The van der Waals surface area contributed by atoms with E-state index >= 15 is 0 Å². The number of anilines is 1. The van der Waals surface area contributed by atoms with Crippen LogP contribution in [-0.4, -0.2) is 67.2 Å². The lowest BCUT2D eigenvalue weighted by Crippen LogP contribution is -2.59. The zero-order valence-electron chi connectivity index (χ0n) is 13.4. The third-order valence-corrected chi connectivity index (χ3v) is 4.60. The second kappa shape index (κ2) is 5.62. The van der Waals surface area contributed by atoms with Gasteiger partial charge in [-0.3, -0.25) is 9.58 Å². The Morgan fingerprint density at radius 1 is 1.26 bits per heavy atom. The van der Waals surface area contributed by atoms with Crippen LogP contribution in [0.4, 0.5) is 5.82 Å². The van der Waals surface area contributed by atoms with Gasteiger partial charge in [0.05, 0.1) is 0 Å². The van der Waals surface area contributed by atoms with Gasteiger partial charge in [0.2, 0.25) is 0 Å². The summed E-state index contributed by atoms with van der Waals surface area (Å²) < 4.78 is 3.66. The van der Waals surface area contributed by atoms with E-state index in [1.54, 1.807) is 10.8 Å². The second-order valence-corrected chi connectivity index (χ2v) is 6.06. The maximum Gasteiger partial charge on any atom is 0.177 e. The van der Waals surface area contributed by atoms with Gasteiger partial charge in [-0.05, 0) is 25.2 Å². The fourth-order valence-electron chi connectivity index (χ4n) is 2.93. The van der Waals surface area contributed by atoms with Crippen molar-refractivity contribution < 1.29 is 0 Å². The van der Waals surface area contributed by atoms with Crippen LogP contribution in [-0.2, 0) is 13.5 Å². The van der Waals surface area contributed by atoms with Crippen LogP contribution >= 0.6 is 0 Å². The first-order valence-corrected chi connectivity index (χ1v) is 7.80. The Bertz CT molecular complexity index is 801. The molecular weight excluding hydrogens is 292 g/mol. The zero-order valence-corrected chi connectivity index (χ0v) is 13.4. The van der Waals surface area contributed by atoms with E-state index in [2.05, 4.69) is 43.3 Å². The molecule has 0 atom stereocenters. The SMILES string of the molecule is CN(CCc1ccnn1C)C1CN(c2ccc3nncn3n2)C1. The molecule has 0 aromatic carbocycles. The monoisotopic (exact) mass is 312 g/mol. The van der Waals surface area contributed by atoms with Gasteiger partial charge in [-0.15, -0.1) is 15.3 Å². The maximum absolute atomic E-state index is 4.54. The Morgan fingerprint density at radius 2 is 2.13 bits per heavy atom. The largest absolute Gasteiger partial charge is 0.352 e. The number of aromatic nitrogens is 6. The van der Waals surface area contributed by atoms with Crippen molar-refractivity contribution in [1.29, 1.82) is 0 Å². The van der Waals surface area contributed by atoms with E-state index in [1.165, 1.54) is 5.69 Å². The number of hydrogen-bond donors (Lipinski definition) is 0. The summed E-state index contributed by atoms with van der Waals surface area (Å²) in [4.78, 5) is 4.70. The van der Waals surface area contributed by atoms with Crippen LogP contribution in [0.1, 0.15) is 5.69 Å². The minimum atomic E-state index is 0.571. The predicted octanol–water partition coefficient (Wildman–Crippen LogP) is 0.221. The highest BCUT2D eigenvalue weighted by Gasteiger charge is 2.31. The van der Waals surface area contributed by atoms with Crippen molar-refractivity contribution in [3.63, 3.8) is 0 Å². The number of likely N-dealkylation sites (N-methyl/N-ethyl adjacent to an activating group) is 1. The van der Waals surface area contributed by atoms with Gasteiger partial charge in [-0.1, -0.05) is 0 Å². The standard InChI is InChI=1S/C15H20N8/c1-20(8-6-12-5-7-17-21(12)2)13-9-22(10-13)15-4-3-14-18-16-11-23(14)19-15/h3-5,7,11,13H,6,8-10H2,1-2H3. The van der Waals surface area contributed by atoms with Gasteiger partial charge in [-0.2, -0.15) is 9.61 Å². The lowest BCUT2D eigenvalue weighted by Gasteiger charge is -2.44. The molecule has 0 spiro atoms. The van der Waals surface area contributed by atoms with Crippen molar-refractivity contribution in [3.05, 3.63) is 36.4 Å². The van der Waals surface area contributed by atoms with Gasteiger partial charge in [0.15, 0.2) is 5.65 Å². The Balaban J connectivity index is 1.32. The fourth-order valence-corrected chi connectivity index (χ4v) is 2.93. The second-order valence-electron chi connectivity index (χ2n) is 6.06. The third-order valence-electron chi connectivity index (χ3n) is 4.60. The number of hydrogen-bond acceptors (Lipinski definition) is 6. The predicted molar refractivity (Wildman–Crippen MR) is 86.3 cm³/mol. The molecule has 3 aromatic heterocycles. The van der Waals surface area contributed by atoms with Crippen LogP contribution in [0.15, 0.2) is 30.7 Å². The Kier molecular flexibility index (Phi) is 3.45. The van der Waals surface area contributed by atoms with Crippen LogP contribution in [0, 0.1) is 0 Å². The topological polar surface area (TPSA) is 67.4 Å². The molecule has 120 valence electrons. The molecule has 3 aromatic rings. The quantitative estimate of drug-likeness (QED) is 0.671. The van der Waals surface area contributed by atoms with E-state index < -0.39 is 0 Å². The lowest BCUT2D eigenvalue weighted by atomic mass is 10.1. The summed E-state index contributed by atoms with van der Waals surface area (Å²) >= 11 is 0. The minimum Gasteiger partial charge on any atom is -0.352 e. The summed E-state index contributed by atoms with van der Waals surface area (Å²) in [5.74, 6) is 0.980. The highest BCUT2D eigenvalue weighted by atomic mass is 15.4. The summed E-state index contributed by atoms with van der Waals surface area (Å²) in [6.07, 6.45) is 4.51. The Labute approximate surface area is 134 Å². The van der Waals surface area contributed by atoms with Crippen LogP contribution in [0.3, 0.4) is 0 Å². The van der Waals surface area contributed by atoms with E-state index in [0.29, 0.717) is 6.04 Å². The van der Waals surface area contributed by atoms with Crippen LogP contribution in [0.25, 0.3) is 5.65 Å². The molecule has 23 heavy (non-hydrogen) atoms. The van der Waals surface area contributed by atoms with Crippen molar-refractivity contribution in [2.75, 3.05) is 31.6 Å². The van der Waals surface area contributed by atoms with Gasteiger partial charge in [0.1, 0.15) is 12.1 Å². The molecule has 4 rings (SSSR count). The van der Waals surface area contributed by atoms with Gasteiger partial charge in [0.25, 0.3) is 0 Å². The average Bonchev–Trinajstić information content (AvgIpc) is 3.11. The lowest BCUT2D eigenvalue weighted by molar-refractivity contribution is 0.205. The van der Waals surface area contributed by atoms with E-state index in [0.717, 1.165) is 37.5 Å². The first-order valence-electron chi connectivity index (χ1n) is 7.80. The molecule has 1 fully saturated rings. The van der Waals surface area contributed by atoms with Crippen molar-refractivity contribution in [2.45, 2.75) is 12.5 Å². The molecule has 1 aliphatic heterocycles. The Hall–Kier alpha value is -2.48. The van der Waals surface area contributed by atoms with Gasteiger partial charge >= 0.3 is 0 Å². The first kappa shape index (κ1) is 14.1. The van der Waals surface area contributed by atoms with E-state index in [9.17, 15) is 0 Å². The van der Waals surface area contributed by atoms with E-state index in [4.69, 9.17) is 0 Å². The molecule has 1 aliphatic rings. The van der Waals surface area contributed by atoms with E-state index in [1.807, 2.05) is 30.1 Å². The van der Waals surface area contributed by atoms with Gasteiger partial charge < -0.3 is 4.90 Å². The van der Waals surface area contributed by atoms with Gasteiger partial charge in [0, 0.05) is 51.0 Å². The average molecular weight is 312 g/mol. The van der Waals surface area contributed by atoms with Crippen molar-refractivity contribution >= 4 is 11.5 Å². The van der Waals surface area contributed by atoms with Crippen LogP contribution in [0.2, 0.25) is 0 Å². The van der Waals surface area contributed by atoms with Crippen molar-refractivity contribution in [3.8, 4) is 0 Å². The summed E-state index contributed by atoms with van der Waals surface area (Å²) in [5, 5.41) is 16.6. The summed E-state index contributed by atoms with van der Waals surface area (Å²) in [7, 11) is 4.18. The molecule has 0 N–H and O–H groups in total. The third kappa shape index (κ3) is 2.65. The van der Waals surface area contributed by atoms with Crippen molar-refractivity contribution in [1.82, 2.24) is 34.5 Å². The Morgan fingerprint density at radius 3 is 2.91 bits per heavy atom. The summed E-state index contributed by atoms with van der Waals surface area (Å²) in [6.45, 7) is 3.04. The zero-order chi connectivity index (χ0) is 15.8. The van der Waals surface area contributed by atoms with E-state index in [-0.39, 0.29) is 0 Å². The normalized spacial score (nSPS) is 15.5. The number of fused-ring (bicyclic) bond motifs is 1. The molecule has 0 amide bonds. The van der Waals surface area contributed by atoms with Crippen molar-refractivity contribution in [2.24, 2.45) is 7.05 Å². The molecule has 0 bridgehead atoms. The molecular formula is C15H20N8. The summed E-state index contributed by atoms with van der Waals surface area (Å²) in [5.41, 5.74) is 2.05. The molecule has 0 aliphatic carbocycles. The maximum atomic E-state index is 4.54. The highest BCUT2D eigenvalue weighted by molar-refractivity contribution is 5.47. The molecule has 0 radical (unpaired) electrons. The molecule has 0 unspecified atom stereocenters. The van der Waals surface area contributed by atoms with Crippen LogP contribution < -0.4 is 4.90 Å². The summed E-state index contributed by atoms with van der Waals surface area (Å²) in [6, 6.07) is 6.62. The molecule has 8 heteroatoms. The first-order chi connectivity index (χ1) is 11.2. The van der Waals surface area contributed by atoms with Gasteiger partial charge in [-0.25, -0.2) is 0 Å².